The van der Waals surface area contributed by atoms with Gasteiger partial charge in [0.1, 0.15) is 25.0 Å². The molecule has 6 N–H and O–H groups in total. The van der Waals surface area contributed by atoms with E-state index in [-0.39, 0.29) is 80.8 Å². The van der Waals surface area contributed by atoms with E-state index in [1.807, 2.05) is 13.8 Å². The van der Waals surface area contributed by atoms with E-state index in [2.05, 4.69) is 31.9 Å². The Kier molecular flexibility index (Phi) is 48.8. The summed E-state index contributed by atoms with van der Waals surface area (Å²) >= 11 is 3.04. The van der Waals surface area contributed by atoms with Gasteiger partial charge in [0.05, 0.1) is 37.7 Å². The number of aliphatic carboxylic acids is 3. The molecule has 0 aromatic carbocycles. The van der Waals surface area contributed by atoms with Crippen LogP contribution >= 0.6 is 15.9 Å². The first kappa shape index (κ1) is 66.6. The van der Waals surface area contributed by atoms with Gasteiger partial charge in [0, 0.05) is 58.4 Å². The normalized spacial score (nSPS) is 11.8. The van der Waals surface area contributed by atoms with Crippen molar-refractivity contribution in [3.63, 3.8) is 0 Å². The Labute approximate surface area is 414 Å². The van der Waals surface area contributed by atoms with Gasteiger partial charge in [-0.2, -0.15) is 0 Å². The zero-order valence-corrected chi connectivity index (χ0v) is 43.0. The summed E-state index contributed by atoms with van der Waals surface area (Å²) in [4.78, 5) is 91.3. The number of ether oxygens (including phenoxy) is 4. The van der Waals surface area contributed by atoms with Crippen LogP contribution in [0.5, 0.6) is 0 Å². The van der Waals surface area contributed by atoms with Crippen molar-refractivity contribution < 1.29 is 72.6 Å². The molecule has 396 valence electrons. The van der Waals surface area contributed by atoms with Gasteiger partial charge in [0.2, 0.25) is 17.7 Å². The molecule has 0 heterocycles. The van der Waals surface area contributed by atoms with Gasteiger partial charge in [-0.3, -0.25) is 33.6 Å². The second kappa shape index (κ2) is 49.9. The van der Waals surface area contributed by atoms with Crippen molar-refractivity contribution in [2.24, 2.45) is 5.92 Å². The predicted octanol–water partition coefficient (Wildman–Crippen LogP) is 7.34. The lowest BCUT2D eigenvalue weighted by Gasteiger charge is -2.14. The average Bonchev–Trinajstić information content (AvgIpc) is 3.30. The number of ketones is 2. The molecule has 0 aliphatic heterocycles. The van der Waals surface area contributed by atoms with Crippen molar-refractivity contribution in [2.75, 3.05) is 71.3 Å². The van der Waals surface area contributed by atoms with E-state index < -0.39 is 35.8 Å². The topological polar surface area (TPSA) is 270 Å². The minimum Gasteiger partial charge on any atom is -0.481 e. The number of alkyl halides is 1. The number of Topliss-reactive ketones (excluding diaryl/α,β-unsaturated/α-hetero) is 2. The molecule has 0 saturated heterocycles. The van der Waals surface area contributed by atoms with Gasteiger partial charge in [-0.1, -0.05) is 106 Å². The summed E-state index contributed by atoms with van der Waals surface area (Å²) in [6, 6.07) is -1.01. The van der Waals surface area contributed by atoms with Crippen molar-refractivity contribution >= 4 is 63.1 Å². The molecule has 2 atom stereocenters. The Balaban J connectivity index is 0. The van der Waals surface area contributed by atoms with Gasteiger partial charge in [-0.15, -0.1) is 0 Å². The smallest absolute Gasteiger partial charge is 0.326 e. The predicted molar refractivity (Wildman–Crippen MR) is 263 cm³/mol. The number of hydrogen-bond acceptors (Lipinski definition) is 12. The molecule has 0 aromatic rings. The Hall–Kier alpha value is -3.52. The monoisotopic (exact) mass is 1040 g/mol. The van der Waals surface area contributed by atoms with Crippen LogP contribution in [0.2, 0.25) is 0 Å². The van der Waals surface area contributed by atoms with E-state index in [9.17, 15) is 48.6 Å². The first-order valence-corrected chi connectivity index (χ1v) is 26.3. The highest BCUT2D eigenvalue weighted by atomic mass is 79.9. The van der Waals surface area contributed by atoms with Crippen molar-refractivity contribution in [1.82, 2.24) is 16.0 Å². The van der Waals surface area contributed by atoms with Crippen LogP contribution in [-0.4, -0.2) is 140 Å². The van der Waals surface area contributed by atoms with Crippen LogP contribution < -0.4 is 16.0 Å². The third-order valence-corrected chi connectivity index (χ3v) is 11.2. The molecule has 0 rings (SSSR count). The standard InChI is InChI=1S/C28H51NO6.C21H37BrN2O9/c1-2-29-26(31)22-21-24(28(34)35)23-25(30)19-17-15-13-11-9-7-5-3-4-6-8-10-12-14-16-18-20-27(32)33;1-2-30-10-12-32-15-17(25)6-5-9-31-11-13-33-16-20(27)24-18(21(28)29)7-3-4-8-23-19(26)14-22/h24H,2-23H2,1H3,(H,29,31)(H,32,33)(H,34,35);18H,2-16H2,1H3,(H,23,26)(H,24,27)(H,28,29)/t24-;18-/m10/s1. The Morgan fingerprint density at radius 3 is 1.50 bits per heavy atom. The quantitative estimate of drug-likeness (QED) is 0.0257. The molecule has 0 fully saturated rings. The number of amides is 3. The number of carboxylic acids is 3. The molecule has 0 bridgehead atoms. The number of hydrogen-bond donors (Lipinski definition) is 6. The molecule has 0 unspecified atom stereocenters. The SMILES string of the molecule is CCNC(=O)CC[C@H](CC(=O)CCCCCCCCCCCCCCCCCCC(=O)O)C(=O)O.CCOCCOCC(=O)CCCOCCOCC(=O)N[C@@H](CCCCNC(=O)CBr)C(=O)O. The molecule has 0 aliphatic carbocycles. The van der Waals surface area contributed by atoms with Crippen LogP contribution in [0.15, 0.2) is 0 Å². The second-order valence-electron chi connectivity index (χ2n) is 16.8. The molecular formula is C49H88BrN3O15. The number of halogens is 1. The highest BCUT2D eigenvalue weighted by molar-refractivity contribution is 9.09. The number of carbonyl (C=O) groups is 8. The number of carbonyl (C=O) groups excluding carboxylic acids is 5. The third-order valence-electron chi connectivity index (χ3n) is 10.7. The molecule has 18 nitrogen and oxygen atoms in total. The molecule has 3 amide bonds. The summed E-state index contributed by atoms with van der Waals surface area (Å²) in [6.07, 6.45) is 22.1. The van der Waals surface area contributed by atoms with Crippen LogP contribution in [0, 0.1) is 5.92 Å². The van der Waals surface area contributed by atoms with Crippen molar-refractivity contribution in [3.8, 4) is 0 Å². The highest BCUT2D eigenvalue weighted by Gasteiger charge is 2.22. The maximum atomic E-state index is 12.1. The maximum absolute atomic E-state index is 12.1. The molecule has 0 saturated carbocycles. The van der Waals surface area contributed by atoms with Crippen LogP contribution in [0.1, 0.15) is 181 Å². The van der Waals surface area contributed by atoms with Gasteiger partial charge >= 0.3 is 17.9 Å². The Morgan fingerprint density at radius 1 is 0.471 bits per heavy atom. The lowest BCUT2D eigenvalue weighted by Crippen LogP contribution is -2.42. The largest absolute Gasteiger partial charge is 0.481 e. The van der Waals surface area contributed by atoms with Crippen molar-refractivity contribution in [2.45, 2.75) is 187 Å². The van der Waals surface area contributed by atoms with Gasteiger partial charge < -0.3 is 50.2 Å². The summed E-state index contributed by atoms with van der Waals surface area (Å²) in [7, 11) is 0. The van der Waals surface area contributed by atoms with Gasteiger partial charge in [0.25, 0.3) is 0 Å². The van der Waals surface area contributed by atoms with E-state index in [1.165, 1.54) is 64.2 Å². The molecule has 68 heavy (non-hydrogen) atoms. The molecule has 19 heteroatoms. The number of nitrogens with one attached hydrogen (secondary N) is 3. The minimum atomic E-state index is -1.12. The second-order valence-corrected chi connectivity index (χ2v) is 17.4. The maximum Gasteiger partial charge on any atom is 0.326 e. The summed E-state index contributed by atoms with van der Waals surface area (Å²) in [5, 5.41) is 35.1. The lowest BCUT2D eigenvalue weighted by molar-refractivity contribution is -0.144. The van der Waals surface area contributed by atoms with E-state index in [0.717, 1.165) is 38.5 Å². The zero-order valence-electron chi connectivity index (χ0n) is 41.4. The van der Waals surface area contributed by atoms with Crippen LogP contribution in [0.3, 0.4) is 0 Å². The van der Waals surface area contributed by atoms with Gasteiger partial charge in [-0.05, 0) is 58.8 Å². The summed E-state index contributed by atoms with van der Waals surface area (Å²) in [5.41, 5.74) is 0. The first-order chi connectivity index (χ1) is 32.8. The zero-order chi connectivity index (χ0) is 50.9. The number of carboxylic acid groups (broad SMARTS) is 3. The summed E-state index contributed by atoms with van der Waals surface area (Å²) < 4.78 is 20.8. The summed E-state index contributed by atoms with van der Waals surface area (Å²) in [6.45, 7) is 6.78. The fourth-order valence-electron chi connectivity index (χ4n) is 6.87. The number of rotatable bonds is 49. The fraction of sp³-hybridized carbons (Fsp3) is 0.837. The van der Waals surface area contributed by atoms with Crippen LogP contribution in [0.4, 0.5) is 0 Å². The molecular weight excluding hydrogens is 950 g/mol. The van der Waals surface area contributed by atoms with Crippen LogP contribution in [0.25, 0.3) is 0 Å². The lowest BCUT2D eigenvalue weighted by atomic mass is 9.94. The van der Waals surface area contributed by atoms with Crippen molar-refractivity contribution in [3.05, 3.63) is 0 Å². The molecule has 0 aliphatic rings. The fourth-order valence-corrected chi connectivity index (χ4v) is 7.07. The van der Waals surface area contributed by atoms with Gasteiger partial charge in [-0.25, -0.2) is 4.79 Å². The van der Waals surface area contributed by atoms with E-state index in [1.54, 1.807) is 0 Å². The van der Waals surface area contributed by atoms with E-state index in [0.29, 0.717) is 78.0 Å². The van der Waals surface area contributed by atoms with E-state index in [4.69, 9.17) is 24.1 Å². The van der Waals surface area contributed by atoms with Crippen LogP contribution in [-0.2, 0) is 57.3 Å². The summed E-state index contributed by atoms with van der Waals surface area (Å²) in [5.74, 6) is -4.39. The first-order valence-electron chi connectivity index (χ1n) is 25.2. The Morgan fingerprint density at radius 2 is 0.985 bits per heavy atom. The number of unbranched alkanes of at least 4 members (excludes halogenated alkanes) is 16. The molecule has 0 spiro atoms. The highest BCUT2D eigenvalue weighted by Crippen LogP contribution is 2.17. The van der Waals surface area contributed by atoms with Crippen molar-refractivity contribution in [1.29, 1.82) is 0 Å². The molecule has 0 radical (unpaired) electrons. The van der Waals surface area contributed by atoms with E-state index >= 15 is 0 Å². The van der Waals surface area contributed by atoms with Gasteiger partial charge in [0.15, 0.2) is 5.78 Å². The minimum absolute atomic E-state index is 0.000287. The average molecular weight is 1040 g/mol. The third kappa shape index (κ3) is 48.9. The Bertz CT molecular complexity index is 1340. The molecule has 0 aromatic heterocycles.